The van der Waals surface area contributed by atoms with E-state index in [-0.39, 0.29) is 53.4 Å². The van der Waals surface area contributed by atoms with Gasteiger partial charge in [-0.05, 0) is 97.7 Å². The number of carbonyl (C=O) groups excluding carboxylic acids is 1. The molecular formula is C43H72O17. The molecule has 0 radical (unpaired) electrons. The van der Waals surface area contributed by atoms with Crippen LogP contribution in [0.3, 0.4) is 0 Å². The molecule has 7 fully saturated rings. The van der Waals surface area contributed by atoms with Gasteiger partial charge >= 0.3 is 5.97 Å². The van der Waals surface area contributed by atoms with Crippen molar-refractivity contribution in [2.75, 3.05) is 19.8 Å². The number of aliphatic hydroxyl groups is 12. The summed E-state index contributed by atoms with van der Waals surface area (Å²) in [6.07, 6.45) is -13.6. The van der Waals surface area contributed by atoms with Gasteiger partial charge in [0.05, 0.1) is 49.1 Å². The maximum atomic E-state index is 14.3. The molecule has 0 aromatic carbocycles. The zero-order valence-electron chi connectivity index (χ0n) is 35.8. The van der Waals surface area contributed by atoms with E-state index in [4.69, 9.17) is 18.9 Å². The standard InChI is InChI=1S/C43H72O17/c1-19(2)42(56,18-57-35-33(53)31(51)29(49)23(15-44)58-35)14-22(46)20(3)21-9-10-39(5)25-7-8-26-40(6,37(55)60-36-34(54)32(52)30(50)24(16-45)59-36)27(47)13-28(48)43(26)17-41(25,43)12-11-38(21,39)4/h19-36,44-54,56H,7-18H2,1-6H3/t20-,21+,22+,23+,24+,25-,26-,27-,28-,29+,30+,31-,32-,33+,34+,35+,36-,38+,39-,40-,41-,42+,43+/m0/s1. The highest BCUT2D eigenvalue weighted by Crippen LogP contribution is 2.89. The van der Waals surface area contributed by atoms with E-state index in [0.717, 1.165) is 32.1 Å². The van der Waals surface area contributed by atoms with Crippen molar-refractivity contribution in [3.63, 3.8) is 0 Å². The summed E-state index contributed by atoms with van der Waals surface area (Å²) in [5, 5.41) is 129. The normalized spacial score (nSPS) is 53.2. The van der Waals surface area contributed by atoms with Crippen LogP contribution in [0.2, 0.25) is 0 Å². The van der Waals surface area contributed by atoms with Crippen LogP contribution in [0.15, 0.2) is 0 Å². The zero-order valence-corrected chi connectivity index (χ0v) is 35.8. The van der Waals surface area contributed by atoms with E-state index in [9.17, 15) is 66.1 Å². The van der Waals surface area contributed by atoms with E-state index in [1.54, 1.807) is 20.8 Å². The van der Waals surface area contributed by atoms with Crippen molar-refractivity contribution in [2.24, 2.45) is 56.7 Å². The Bertz CT molecular complexity index is 1570. The molecule has 0 aromatic heterocycles. The molecule has 0 bridgehead atoms. The van der Waals surface area contributed by atoms with E-state index in [0.29, 0.717) is 12.8 Å². The van der Waals surface area contributed by atoms with Gasteiger partial charge in [-0.1, -0.05) is 34.6 Å². The molecule has 346 valence electrons. The first-order chi connectivity index (χ1) is 27.9. The van der Waals surface area contributed by atoms with Crippen LogP contribution in [0, 0.1) is 56.7 Å². The molecule has 60 heavy (non-hydrogen) atoms. The number of esters is 1. The molecule has 2 spiro atoms. The Morgan fingerprint density at radius 2 is 1.30 bits per heavy atom. The maximum Gasteiger partial charge on any atom is 0.317 e. The van der Waals surface area contributed by atoms with Crippen LogP contribution in [-0.2, 0) is 23.7 Å². The van der Waals surface area contributed by atoms with Crippen LogP contribution in [0.1, 0.15) is 99.3 Å². The second-order valence-electron chi connectivity index (χ2n) is 21.1. The lowest BCUT2D eigenvalue weighted by molar-refractivity contribution is -0.311. The lowest BCUT2D eigenvalue weighted by Gasteiger charge is -2.64. The number of fused-ring (bicyclic) bond motifs is 2. The van der Waals surface area contributed by atoms with Crippen LogP contribution < -0.4 is 0 Å². The molecule has 0 unspecified atom stereocenters. The van der Waals surface area contributed by atoms with Gasteiger partial charge in [0.1, 0.15) is 48.8 Å². The number of hydrogen-bond donors (Lipinski definition) is 12. The summed E-state index contributed by atoms with van der Waals surface area (Å²) in [5.74, 6) is -1.71. The van der Waals surface area contributed by atoms with Crippen LogP contribution in [0.25, 0.3) is 0 Å². The molecule has 7 rings (SSSR count). The van der Waals surface area contributed by atoms with Crippen LogP contribution in [0.5, 0.6) is 0 Å². The number of aliphatic hydroxyl groups excluding tert-OH is 11. The predicted octanol–water partition coefficient (Wildman–Crippen LogP) is -1.33. The second kappa shape index (κ2) is 16.1. The molecule has 17 nitrogen and oxygen atoms in total. The Morgan fingerprint density at radius 1 is 0.733 bits per heavy atom. The van der Waals surface area contributed by atoms with Crippen molar-refractivity contribution in [2.45, 2.75) is 185 Å². The zero-order chi connectivity index (χ0) is 44.3. The quantitative estimate of drug-likeness (QED) is 0.101. The van der Waals surface area contributed by atoms with Crippen molar-refractivity contribution in [3.05, 3.63) is 0 Å². The Labute approximate surface area is 351 Å². The third-order valence-electron chi connectivity index (χ3n) is 18.6. The molecule has 2 heterocycles. The number of hydrogen-bond acceptors (Lipinski definition) is 17. The fraction of sp³-hybridized carbons (Fsp3) is 0.977. The number of rotatable bonds is 12. The van der Waals surface area contributed by atoms with Crippen LogP contribution in [0.4, 0.5) is 0 Å². The lowest BCUT2D eigenvalue weighted by atomic mass is 9.41. The summed E-state index contributed by atoms with van der Waals surface area (Å²) in [6.45, 7) is 10.2. The summed E-state index contributed by atoms with van der Waals surface area (Å²) >= 11 is 0. The third kappa shape index (κ3) is 6.61. The maximum absolute atomic E-state index is 14.3. The van der Waals surface area contributed by atoms with Gasteiger partial charge < -0.3 is 80.2 Å². The van der Waals surface area contributed by atoms with Gasteiger partial charge in [-0.15, -0.1) is 0 Å². The van der Waals surface area contributed by atoms with E-state index >= 15 is 0 Å². The molecule has 0 amide bonds. The minimum Gasteiger partial charge on any atom is -0.432 e. The molecular weight excluding hydrogens is 788 g/mol. The SMILES string of the molecule is CC(C)[C@](O)(CO[C@@H]1O[C@H](CO)[C@@H](O)[C@H](O)[C@H]1O)C[C@@H](O)[C@@H](C)[C@H]1CC[C@@]2(C)[C@@H]3CC[C@H]4[C@](C)(C(=O)O[C@@H]5O[C@H](CO)[C@@H](O)[C@H](O)[C@H]5O)[C@@H](O)C[C@H](O)[C@@]45C[C@@]35CC[C@]12C. The summed E-state index contributed by atoms with van der Waals surface area (Å²) in [4.78, 5) is 14.3. The largest absolute Gasteiger partial charge is 0.432 e. The average molecular weight is 861 g/mol. The average Bonchev–Trinajstić information content (AvgIpc) is 3.83. The fourth-order valence-corrected chi connectivity index (χ4v) is 14.3. The molecule has 2 saturated heterocycles. The van der Waals surface area contributed by atoms with Gasteiger partial charge in [0.15, 0.2) is 6.29 Å². The van der Waals surface area contributed by atoms with Crippen molar-refractivity contribution in [1.82, 2.24) is 0 Å². The van der Waals surface area contributed by atoms with Crippen molar-refractivity contribution >= 4 is 5.97 Å². The van der Waals surface area contributed by atoms with Gasteiger partial charge in [-0.25, -0.2) is 0 Å². The Hall–Kier alpha value is -1.13. The summed E-state index contributed by atoms with van der Waals surface area (Å²) in [7, 11) is 0. The molecule has 5 aliphatic carbocycles. The van der Waals surface area contributed by atoms with E-state index in [2.05, 4.69) is 13.8 Å². The Balaban J connectivity index is 1.06. The minimum absolute atomic E-state index is 0.0446. The van der Waals surface area contributed by atoms with Crippen molar-refractivity contribution in [3.8, 4) is 0 Å². The van der Waals surface area contributed by atoms with Crippen molar-refractivity contribution in [1.29, 1.82) is 0 Å². The van der Waals surface area contributed by atoms with E-state index in [1.807, 2.05) is 6.92 Å². The second-order valence-corrected chi connectivity index (χ2v) is 21.1. The van der Waals surface area contributed by atoms with Gasteiger partial charge in [-0.2, -0.15) is 0 Å². The summed E-state index contributed by atoms with van der Waals surface area (Å²) in [5.41, 5.74) is -4.49. The topological polar surface area (TPSA) is 297 Å². The molecule has 17 heteroatoms. The highest BCUT2D eigenvalue weighted by Gasteiger charge is 2.86. The molecule has 23 atom stereocenters. The third-order valence-corrected chi connectivity index (χ3v) is 18.6. The highest BCUT2D eigenvalue weighted by atomic mass is 16.7. The minimum atomic E-state index is -1.80. The van der Waals surface area contributed by atoms with Gasteiger partial charge in [0, 0.05) is 18.3 Å². The highest BCUT2D eigenvalue weighted by molar-refractivity contribution is 5.78. The van der Waals surface area contributed by atoms with Crippen molar-refractivity contribution < 1.29 is 85.0 Å². The van der Waals surface area contributed by atoms with Gasteiger partial charge in [0.25, 0.3) is 0 Å². The lowest BCUT2D eigenvalue weighted by Crippen LogP contribution is -2.65. The molecule has 0 aromatic rings. The fourth-order valence-electron chi connectivity index (χ4n) is 14.3. The first-order valence-corrected chi connectivity index (χ1v) is 22.2. The van der Waals surface area contributed by atoms with E-state index < -0.39 is 127 Å². The number of carbonyl (C=O) groups is 1. The molecule has 7 aliphatic rings. The smallest absolute Gasteiger partial charge is 0.317 e. The first kappa shape index (κ1) is 46.9. The first-order valence-electron chi connectivity index (χ1n) is 22.2. The van der Waals surface area contributed by atoms with Crippen LogP contribution >= 0.6 is 0 Å². The van der Waals surface area contributed by atoms with Gasteiger partial charge in [0.2, 0.25) is 6.29 Å². The predicted molar refractivity (Wildman–Crippen MR) is 208 cm³/mol. The summed E-state index contributed by atoms with van der Waals surface area (Å²) < 4.78 is 22.5. The van der Waals surface area contributed by atoms with Gasteiger partial charge in [-0.3, -0.25) is 4.79 Å². The monoisotopic (exact) mass is 860 g/mol. The number of ether oxygens (including phenoxy) is 4. The summed E-state index contributed by atoms with van der Waals surface area (Å²) in [6, 6.07) is 0. The Morgan fingerprint density at radius 3 is 1.88 bits per heavy atom. The molecule has 5 saturated carbocycles. The molecule has 2 aliphatic heterocycles. The Kier molecular flexibility index (Phi) is 12.6. The molecule has 12 N–H and O–H groups in total. The van der Waals surface area contributed by atoms with Crippen LogP contribution in [-0.4, -0.2) is 172 Å². The van der Waals surface area contributed by atoms with E-state index in [1.165, 1.54) is 0 Å².